The van der Waals surface area contributed by atoms with E-state index >= 15 is 0 Å². The fourth-order valence-corrected chi connectivity index (χ4v) is 3.62. The maximum atomic E-state index is 13.0. The van der Waals surface area contributed by atoms with Gasteiger partial charge in [0.1, 0.15) is 11.4 Å². The molecule has 0 aromatic heterocycles. The van der Waals surface area contributed by atoms with Crippen molar-refractivity contribution in [1.29, 1.82) is 0 Å². The Balaban J connectivity index is 1.57. The Bertz CT molecular complexity index is 1290. The molecule has 178 valence electrons. The number of amides is 2. The zero-order chi connectivity index (χ0) is 24.6. The fraction of sp³-hybridized carbons (Fsp3) is 0.115. The normalized spacial score (nSPS) is 12.5. The van der Waals surface area contributed by atoms with E-state index < -0.39 is 11.8 Å². The van der Waals surface area contributed by atoms with Gasteiger partial charge in [-0.25, -0.2) is 5.43 Å². The van der Waals surface area contributed by atoms with Gasteiger partial charge in [0.2, 0.25) is 6.79 Å². The summed E-state index contributed by atoms with van der Waals surface area (Å²) in [5, 5.41) is 6.73. The van der Waals surface area contributed by atoms with Gasteiger partial charge in [-0.3, -0.25) is 9.59 Å². The van der Waals surface area contributed by atoms with Gasteiger partial charge in [-0.15, -0.1) is 0 Å². The number of hydrazone groups is 1. The van der Waals surface area contributed by atoms with E-state index in [-0.39, 0.29) is 12.5 Å². The average molecular weight is 536 g/mol. The van der Waals surface area contributed by atoms with Crippen molar-refractivity contribution in [3.8, 4) is 17.2 Å². The molecule has 0 radical (unpaired) electrons. The zero-order valence-electron chi connectivity index (χ0n) is 18.8. The number of nitrogens with zero attached hydrogens (tertiary/aromatic N) is 1. The number of ether oxygens (including phenoxy) is 3. The number of halogens is 1. The Morgan fingerprint density at radius 1 is 1.06 bits per heavy atom. The zero-order valence-corrected chi connectivity index (χ0v) is 20.4. The molecule has 3 aromatic rings. The molecule has 0 atom stereocenters. The van der Waals surface area contributed by atoms with E-state index in [9.17, 15) is 9.59 Å². The smallest absolute Gasteiger partial charge is 0.287 e. The van der Waals surface area contributed by atoms with Crippen LogP contribution < -0.4 is 25.0 Å². The van der Waals surface area contributed by atoms with E-state index in [1.54, 1.807) is 54.6 Å². The predicted molar refractivity (Wildman–Crippen MR) is 135 cm³/mol. The van der Waals surface area contributed by atoms with Crippen molar-refractivity contribution in [2.75, 3.05) is 13.4 Å². The minimum absolute atomic E-state index is 0.00847. The lowest BCUT2D eigenvalue weighted by Crippen LogP contribution is -2.32. The number of hydrogen-bond acceptors (Lipinski definition) is 6. The molecule has 3 aromatic carbocycles. The van der Waals surface area contributed by atoms with Crippen LogP contribution in [0.1, 0.15) is 28.4 Å². The van der Waals surface area contributed by atoms with E-state index in [1.165, 1.54) is 6.21 Å². The standard InChI is InChI=1S/C26H22BrN3O5/c1-2-33-22-11-9-20(27)14-19(22)15-28-30-26(32)21(29-25(31)18-6-4-3-5-7-18)12-17-8-10-23-24(13-17)35-16-34-23/h3-15H,2,16H2,1H3,(H,29,31)(H,30,32)/b21-12+,28-15-. The Labute approximate surface area is 210 Å². The monoisotopic (exact) mass is 535 g/mol. The highest BCUT2D eigenvalue weighted by Crippen LogP contribution is 2.33. The first-order valence-corrected chi connectivity index (χ1v) is 11.6. The second-order valence-electron chi connectivity index (χ2n) is 7.31. The molecule has 4 rings (SSSR count). The minimum atomic E-state index is -0.601. The molecule has 0 aliphatic carbocycles. The maximum Gasteiger partial charge on any atom is 0.287 e. The second kappa shape index (κ2) is 11.3. The average Bonchev–Trinajstić information content (AvgIpc) is 3.33. The van der Waals surface area contributed by atoms with Crippen LogP contribution >= 0.6 is 15.9 Å². The van der Waals surface area contributed by atoms with Crippen LogP contribution in [-0.4, -0.2) is 31.4 Å². The van der Waals surface area contributed by atoms with E-state index in [0.717, 1.165) is 4.47 Å². The Hall–Kier alpha value is -4.11. The summed E-state index contributed by atoms with van der Waals surface area (Å²) in [7, 11) is 0. The molecule has 1 heterocycles. The number of nitrogens with one attached hydrogen (secondary N) is 2. The van der Waals surface area contributed by atoms with Gasteiger partial charge in [0, 0.05) is 15.6 Å². The number of fused-ring (bicyclic) bond motifs is 1. The van der Waals surface area contributed by atoms with Crippen molar-refractivity contribution >= 4 is 40.0 Å². The van der Waals surface area contributed by atoms with Crippen LogP contribution in [0.3, 0.4) is 0 Å². The minimum Gasteiger partial charge on any atom is -0.493 e. The molecule has 0 spiro atoms. The van der Waals surface area contributed by atoms with E-state index in [0.29, 0.717) is 40.5 Å². The van der Waals surface area contributed by atoms with Crippen molar-refractivity contribution in [3.05, 3.63) is 93.6 Å². The molecule has 9 heteroatoms. The van der Waals surface area contributed by atoms with Crippen LogP contribution in [0.5, 0.6) is 17.2 Å². The van der Waals surface area contributed by atoms with Gasteiger partial charge in [0.15, 0.2) is 11.5 Å². The lowest BCUT2D eigenvalue weighted by Gasteiger charge is -2.10. The molecular formula is C26H22BrN3O5. The number of carbonyl (C=O) groups excluding carboxylic acids is 2. The van der Waals surface area contributed by atoms with Crippen LogP contribution in [-0.2, 0) is 4.79 Å². The molecule has 0 fully saturated rings. The number of carbonyl (C=O) groups is 2. The van der Waals surface area contributed by atoms with E-state index in [2.05, 4.69) is 31.8 Å². The summed E-state index contributed by atoms with van der Waals surface area (Å²) in [4.78, 5) is 25.8. The van der Waals surface area contributed by atoms with Crippen molar-refractivity contribution in [2.45, 2.75) is 6.92 Å². The summed E-state index contributed by atoms with van der Waals surface area (Å²) >= 11 is 3.42. The van der Waals surface area contributed by atoms with E-state index in [1.807, 2.05) is 25.1 Å². The largest absolute Gasteiger partial charge is 0.493 e. The van der Waals surface area contributed by atoms with Crippen LogP contribution in [0.4, 0.5) is 0 Å². The molecule has 35 heavy (non-hydrogen) atoms. The second-order valence-corrected chi connectivity index (χ2v) is 8.22. The number of hydrogen-bond donors (Lipinski definition) is 2. The first-order valence-electron chi connectivity index (χ1n) is 10.8. The quantitative estimate of drug-likeness (QED) is 0.251. The van der Waals surface area contributed by atoms with Gasteiger partial charge >= 0.3 is 0 Å². The third-order valence-electron chi connectivity index (χ3n) is 4.88. The molecule has 0 unspecified atom stereocenters. The van der Waals surface area contributed by atoms with Gasteiger partial charge < -0.3 is 19.5 Å². The Kier molecular flexibility index (Phi) is 7.79. The summed E-state index contributed by atoms with van der Waals surface area (Å²) in [6, 6.07) is 19.3. The molecule has 0 saturated carbocycles. The van der Waals surface area contributed by atoms with Crippen molar-refractivity contribution < 1.29 is 23.8 Å². The van der Waals surface area contributed by atoms with E-state index in [4.69, 9.17) is 14.2 Å². The van der Waals surface area contributed by atoms with Gasteiger partial charge in [0.05, 0.1) is 12.8 Å². The molecular weight excluding hydrogens is 514 g/mol. The van der Waals surface area contributed by atoms with Crippen LogP contribution in [0.25, 0.3) is 6.08 Å². The highest BCUT2D eigenvalue weighted by atomic mass is 79.9. The third kappa shape index (κ3) is 6.27. The first-order chi connectivity index (χ1) is 17.0. The summed E-state index contributed by atoms with van der Waals surface area (Å²) in [5.41, 5.74) is 4.21. The molecule has 0 bridgehead atoms. The van der Waals surface area contributed by atoms with Crippen molar-refractivity contribution in [1.82, 2.24) is 10.7 Å². The van der Waals surface area contributed by atoms with Gasteiger partial charge in [-0.2, -0.15) is 5.10 Å². The predicted octanol–water partition coefficient (Wildman–Crippen LogP) is 4.50. The summed E-state index contributed by atoms with van der Waals surface area (Å²) < 4.78 is 17.2. The van der Waals surface area contributed by atoms with Crippen LogP contribution in [0.15, 0.2) is 82.0 Å². The molecule has 8 nitrogen and oxygen atoms in total. The van der Waals surface area contributed by atoms with Crippen molar-refractivity contribution in [2.24, 2.45) is 5.10 Å². The summed E-state index contributed by atoms with van der Waals surface area (Å²) in [6.07, 6.45) is 3.02. The van der Waals surface area contributed by atoms with Gasteiger partial charge in [0.25, 0.3) is 11.8 Å². The third-order valence-corrected chi connectivity index (χ3v) is 5.37. The molecule has 1 aliphatic heterocycles. The molecule has 1 aliphatic rings. The Morgan fingerprint density at radius 3 is 2.66 bits per heavy atom. The van der Waals surface area contributed by atoms with Crippen LogP contribution in [0.2, 0.25) is 0 Å². The molecule has 2 N–H and O–H groups in total. The van der Waals surface area contributed by atoms with Gasteiger partial charge in [-0.1, -0.05) is 40.2 Å². The summed E-state index contributed by atoms with van der Waals surface area (Å²) in [6.45, 7) is 2.50. The highest BCUT2D eigenvalue weighted by molar-refractivity contribution is 9.10. The maximum absolute atomic E-state index is 13.0. The molecule has 2 amide bonds. The SMILES string of the molecule is CCOc1ccc(Br)cc1/C=N\NC(=O)/C(=C\c1ccc2c(c1)OCO2)NC(=O)c1ccccc1. The van der Waals surface area contributed by atoms with Crippen LogP contribution in [0, 0.1) is 0 Å². The Morgan fingerprint density at radius 2 is 1.86 bits per heavy atom. The fourth-order valence-electron chi connectivity index (χ4n) is 3.24. The lowest BCUT2D eigenvalue weighted by molar-refractivity contribution is -0.117. The first kappa shape index (κ1) is 24.0. The summed E-state index contributed by atoms with van der Waals surface area (Å²) in [5.74, 6) is 0.773. The number of benzene rings is 3. The topological polar surface area (TPSA) is 98.2 Å². The lowest BCUT2D eigenvalue weighted by atomic mass is 10.1. The number of rotatable bonds is 8. The van der Waals surface area contributed by atoms with Gasteiger partial charge in [-0.05, 0) is 61.0 Å². The van der Waals surface area contributed by atoms with Crippen molar-refractivity contribution in [3.63, 3.8) is 0 Å². The highest BCUT2D eigenvalue weighted by Gasteiger charge is 2.17. The molecule has 0 saturated heterocycles.